The second-order valence-corrected chi connectivity index (χ2v) is 6.19. The van der Waals surface area contributed by atoms with Gasteiger partial charge in [0, 0.05) is 23.4 Å². The molecule has 134 valence electrons. The van der Waals surface area contributed by atoms with Gasteiger partial charge in [0.2, 0.25) is 0 Å². The van der Waals surface area contributed by atoms with Crippen molar-refractivity contribution in [2.75, 3.05) is 6.61 Å². The minimum Gasteiger partial charge on any atom is -0.493 e. The summed E-state index contributed by atoms with van der Waals surface area (Å²) in [6, 6.07) is 8.72. The Kier molecular flexibility index (Phi) is 4.49. The second kappa shape index (κ2) is 6.46. The smallest absolute Gasteiger partial charge is 0.406 e. The van der Waals surface area contributed by atoms with Crippen LogP contribution in [0.3, 0.4) is 0 Å². The van der Waals surface area contributed by atoms with Crippen molar-refractivity contribution in [3.8, 4) is 5.75 Å². The molecule has 1 N–H and O–H groups in total. The molecule has 25 heavy (non-hydrogen) atoms. The van der Waals surface area contributed by atoms with Gasteiger partial charge in [-0.15, -0.1) is 0 Å². The highest BCUT2D eigenvalue weighted by Gasteiger charge is 2.31. The third kappa shape index (κ3) is 3.65. The molecule has 0 spiro atoms. The van der Waals surface area contributed by atoms with Gasteiger partial charge in [-0.2, -0.15) is 13.2 Å². The molecule has 0 aliphatic carbocycles. The fourth-order valence-electron chi connectivity index (χ4n) is 3.18. The van der Waals surface area contributed by atoms with Gasteiger partial charge in [-0.1, -0.05) is 18.2 Å². The molecule has 1 atom stereocenters. The van der Waals surface area contributed by atoms with Crippen LogP contribution in [0.15, 0.2) is 30.3 Å². The molecule has 0 fully saturated rings. The van der Waals surface area contributed by atoms with Gasteiger partial charge in [0.05, 0.1) is 18.2 Å². The first kappa shape index (κ1) is 17.4. The zero-order valence-corrected chi connectivity index (χ0v) is 14.0. The third-order valence-corrected chi connectivity index (χ3v) is 4.42. The Morgan fingerprint density at radius 3 is 2.76 bits per heavy atom. The lowest BCUT2D eigenvalue weighted by atomic mass is 10.00. The monoisotopic (exact) mass is 352 g/mol. The van der Waals surface area contributed by atoms with Crippen LogP contribution in [0.5, 0.6) is 5.75 Å². The predicted octanol–water partition coefficient (Wildman–Crippen LogP) is 3.92. The molecular weight excluding hydrogens is 333 g/mol. The normalized spacial score (nSPS) is 16.9. The van der Waals surface area contributed by atoms with Crippen LogP contribution < -0.4 is 10.1 Å². The fraction of sp³-hybridized carbons (Fsp3) is 0.389. The molecule has 1 aromatic heterocycles. The summed E-state index contributed by atoms with van der Waals surface area (Å²) in [5.41, 5.74) is 1.87. The predicted molar refractivity (Wildman–Crippen MR) is 86.7 cm³/mol. The number of halogens is 3. The minimum absolute atomic E-state index is 0.219. The van der Waals surface area contributed by atoms with E-state index < -0.39 is 12.7 Å². The Balaban J connectivity index is 1.82. The number of carbonyl (C=O) groups is 1. The number of benzene rings is 1. The zero-order chi connectivity index (χ0) is 18.2. The number of nitrogens with zero attached hydrogens (tertiary/aromatic N) is 1. The molecule has 7 heteroatoms. The Morgan fingerprint density at radius 2 is 2.04 bits per heavy atom. The van der Waals surface area contributed by atoms with E-state index in [0.29, 0.717) is 24.4 Å². The molecular formula is C18H19F3N2O2. The van der Waals surface area contributed by atoms with Crippen LogP contribution in [-0.2, 0) is 6.54 Å². The van der Waals surface area contributed by atoms with Gasteiger partial charge in [-0.25, -0.2) is 0 Å². The van der Waals surface area contributed by atoms with Crippen LogP contribution in [0, 0.1) is 13.8 Å². The molecule has 0 bridgehead atoms. The largest absolute Gasteiger partial charge is 0.493 e. The maximum absolute atomic E-state index is 12.7. The van der Waals surface area contributed by atoms with E-state index in [1.807, 2.05) is 24.3 Å². The van der Waals surface area contributed by atoms with Gasteiger partial charge in [0.15, 0.2) is 0 Å². The lowest BCUT2D eigenvalue weighted by molar-refractivity contribution is -0.141. The Bertz CT molecular complexity index is 796. The van der Waals surface area contributed by atoms with Gasteiger partial charge in [-0.05, 0) is 26.0 Å². The summed E-state index contributed by atoms with van der Waals surface area (Å²) < 4.78 is 44.8. The molecule has 0 radical (unpaired) electrons. The summed E-state index contributed by atoms with van der Waals surface area (Å²) in [5, 5.41) is 2.92. The van der Waals surface area contributed by atoms with E-state index in [1.165, 1.54) is 13.0 Å². The standard InChI is InChI=1S/C18H19F3N2O2/c1-11-9-14(12(2)23(11)10-18(19,20)21)17(24)22-15-7-8-25-16-6-4-3-5-13(15)16/h3-6,9,15H,7-8,10H2,1-2H3,(H,22,24). The molecule has 1 aliphatic heterocycles. The summed E-state index contributed by atoms with van der Waals surface area (Å²) in [5.74, 6) is 0.352. The lowest BCUT2D eigenvalue weighted by Crippen LogP contribution is -2.32. The number of aryl methyl sites for hydroxylation is 1. The topological polar surface area (TPSA) is 43.3 Å². The van der Waals surface area contributed by atoms with Crippen molar-refractivity contribution in [1.29, 1.82) is 0 Å². The summed E-state index contributed by atoms with van der Waals surface area (Å²) in [4.78, 5) is 12.6. The van der Waals surface area contributed by atoms with Crippen LogP contribution in [0.2, 0.25) is 0 Å². The Morgan fingerprint density at radius 1 is 1.32 bits per heavy atom. The molecule has 1 aliphatic rings. The quantitative estimate of drug-likeness (QED) is 0.910. The third-order valence-electron chi connectivity index (χ3n) is 4.42. The first-order valence-electron chi connectivity index (χ1n) is 8.02. The average Bonchev–Trinajstić information content (AvgIpc) is 2.82. The number of hydrogen-bond donors (Lipinski definition) is 1. The van der Waals surface area contributed by atoms with Crippen LogP contribution in [0.4, 0.5) is 13.2 Å². The van der Waals surface area contributed by atoms with E-state index in [0.717, 1.165) is 15.9 Å². The van der Waals surface area contributed by atoms with Gasteiger partial charge in [0.25, 0.3) is 5.91 Å². The van der Waals surface area contributed by atoms with Gasteiger partial charge in [0.1, 0.15) is 12.3 Å². The molecule has 2 aromatic rings. The van der Waals surface area contributed by atoms with E-state index >= 15 is 0 Å². The number of alkyl halides is 3. The minimum atomic E-state index is -4.33. The van der Waals surface area contributed by atoms with Crippen molar-refractivity contribution >= 4 is 5.91 Å². The molecule has 0 saturated heterocycles. The van der Waals surface area contributed by atoms with E-state index in [1.54, 1.807) is 6.92 Å². The molecule has 4 nitrogen and oxygen atoms in total. The highest BCUT2D eigenvalue weighted by Crippen LogP contribution is 2.32. The van der Waals surface area contributed by atoms with Crippen molar-refractivity contribution in [3.63, 3.8) is 0 Å². The van der Waals surface area contributed by atoms with Gasteiger partial charge >= 0.3 is 6.18 Å². The fourth-order valence-corrected chi connectivity index (χ4v) is 3.18. The number of amides is 1. The average molecular weight is 352 g/mol. The Labute approximate surface area is 143 Å². The van der Waals surface area contributed by atoms with E-state index in [4.69, 9.17) is 4.74 Å². The lowest BCUT2D eigenvalue weighted by Gasteiger charge is -2.26. The van der Waals surface area contributed by atoms with E-state index in [2.05, 4.69) is 5.32 Å². The van der Waals surface area contributed by atoms with Crippen molar-refractivity contribution < 1.29 is 22.7 Å². The summed E-state index contributed by atoms with van der Waals surface area (Å²) in [7, 11) is 0. The number of carbonyl (C=O) groups excluding carboxylic acids is 1. The number of para-hydroxylation sites is 1. The van der Waals surface area contributed by atoms with Crippen molar-refractivity contribution in [2.24, 2.45) is 0 Å². The number of ether oxygens (including phenoxy) is 1. The van der Waals surface area contributed by atoms with Crippen LogP contribution in [0.25, 0.3) is 0 Å². The van der Waals surface area contributed by atoms with Gasteiger partial charge < -0.3 is 14.6 Å². The number of nitrogens with one attached hydrogen (secondary N) is 1. The van der Waals surface area contributed by atoms with Gasteiger partial charge in [-0.3, -0.25) is 4.79 Å². The van der Waals surface area contributed by atoms with E-state index in [9.17, 15) is 18.0 Å². The number of fused-ring (bicyclic) bond motifs is 1. The summed E-state index contributed by atoms with van der Waals surface area (Å²) in [6.07, 6.45) is -3.72. The molecule has 1 amide bonds. The number of rotatable bonds is 3. The zero-order valence-electron chi connectivity index (χ0n) is 14.0. The number of hydrogen-bond acceptors (Lipinski definition) is 2. The SMILES string of the molecule is Cc1cc(C(=O)NC2CCOc3ccccc32)c(C)n1CC(F)(F)F. The first-order valence-corrected chi connectivity index (χ1v) is 8.02. The summed E-state index contributed by atoms with van der Waals surface area (Å²) in [6.45, 7) is 2.48. The maximum Gasteiger partial charge on any atom is 0.406 e. The van der Waals surface area contributed by atoms with Crippen LogP contribution in [-0.4, -0.2) is 23.3 Å². The van der Waals surface area contributed by atoms with E-state index in [-0.39, 0.29) is 17.5 Å². The van der Waals surface area contributed by atoms with Crippen molar-refractivity contribution in [1.82, 2.24) is 9.88 Å². The maximum atomic E-state index is 12.7. The van der Waals surface area contributed by atoms with Crippen molar-refractivity contribution in [2.45, 2.75) is 39.0 Å². The highest BCUT2D eigenvalue weighted by atomic mass is 19.4. The molecule has 1 aromatic carbocycles. The Hall–Kier alpha value is -2.44. The summed E-state index contributed by atoms with van der Waals surface area (Å²) >= 11 is 0. The van der Waals surface area contributed by atoms with Crippen LogP contribution >= 0.6 is 0 Å². The van der Waals surface area contributed by atoms with Crippen LogP contribution in [0.1, 0.15) is 39.8 Å². The first-order chi connectivity index (χ1) is 11.8. The highest BCUT2D eigenvalue weighted by molar-refractivity contribution is 5.96. The molecule has 0 saturated carbocycles. The van der Waals surface area contributed by atoms with Crippen molar-refractivity contribution in [3.05, 3.63) is 52.8 Å². The molecule has 3 rings (SSSR count). The molecule has 2 heterocycles. The number of aromatic nitrogens is 1. The molecule has 1 unspecified atom stereocenters. The second-order valence-electron chi connectivity index (χ2n) is 6.19.